The number of benzene rings is 2. The zero-order valence-corrected chi connectivity index (χ0v) is 16.9. The molecular weight excluding hydrogens is 380 g/mol. The fourth-order valence-electron chi connectivity index (χ4n) is 2.62. The fraction of sp³-hybridized carbons (Fsp3) is 0.174. The lowest BCUT2D eigenvalue weighted by Crippen LogP contribution is -2.31. The first kappa shape index (κ1) is 20.9. The number of para-hydroxylation sites is 1. The highest BCUT2D eigenvalue weighted by atomic mass is 16.5. The number of urea groups is 1. The van der Waals surface area contributed by atoms with Crippen LogP contribution in [0.1, 0.15) is 17.5 Å². The van der Waals surface area contributed by atoms with Crippen molar-refractivity contribution in [3.8, 4) is 11.6 Å². The maximum absolute atomic E-state index is 12.1. The van der Waals surface area contributed by atoms with Gasteiger partial charge in [-0.1, -0.05) is 24.3 Å². The minimum Gasteiger partial charge on any atom is -0.439 e. The first-order valence-electron chi connectivity index (χ1n) is 9.60. The van der Waals surface area contributed by atoms with Crippen molar-refractivity contribution in [1.29, 1.82) is 0 Å². The van der Waals surface area contributed by atoms with E-state index in [-0.39, 0.29) is 24.9 Å². The number of carbonyl (C=O) groups is 2. The van der Waals surface area contributed by atoms with E-state index in [2.05, 4.69) is 20.9 Å². The molecule has 7 heteroatoms. The number of amides is 3. The number of nitrogens with zero attached hydrogens (tertiary/aromatic N) is 1. The molecule has 3 N–H and O–H groups in total. The van der Waals surface area contributed by atoms with Gasteiger partial charge in [-0.15, -0.1) is 0 Å². The van der Waals surface area contributed by atoms with Crippen LogP contribution in [0.5, 0.6) is 11.6 Å². The number of aromatic nitrogens is 1. The van der Waals surface area contributed by atoms with Gasteiger partial charge in [-0.25, -0.2) is 9.78 Å². The summed E-state index contributed by atoms with van der Waals surface area (Å²) in [5, 5.41) is 8.08. The van der Waals surface area contributed by atoms with E-state index in [9.17, 15) is 9.59 Å². The van der Waals surface area contributed by atoms with Gasteiger partial charge in [0.25, 0.3) is 0 Å². The molecule has 0 aliphatic heterocycles. The zero-order chi connectivity index (χ0) is 21.3. The van der Waals surface area contributed by atoms with Crippen LogP contribution in [0, 0.1) is 13.8 Å². The van der Waals surface area contributed by atoms with E-state index < -0.39 is 0 Å². The molecule has 3 amide bonds. The third-order valence-corrected chi connectivity index (χ3v) is 4.39. The highest BCUT2D eigenvalue weighted by molar-refractivity contribution is 5.92. The lowest BCUT2D eigenvalue weighted by molar-refractivity contribution is -0.116. The minimum absolute atomic E-state index is 0.142. The lowest BCUT2D eigenvalue weighted by atomic mass is 10.1. The summed E-state index contributed by atoms with van der Waals surface area (Å²) in [5.74, 6) is 0.928. The van der Waals surface area contributed by atoms with Gasteiger partial charge in [-0.3, -0.25) is 4.79 Å². The number of rotatable bonds is 7. The number of anilines is 2. The van der Waals surface area contributed by atoms with Crippen molar-refractivity contribution in [3.05, 3.63) is 78.0 Å². The van der Waals surface area contributed by atoms with Gasteiger partial charge in [0.1, 0.15) is 5.75 Å². The molecular formula is C23H24N4O3. The Hall–Kier alpha value is -3.87. The van der Waals surface area contributed by atoms with E-state index >= 15 is 0 Å². The van der Waals surface area contributed by atoms with Crippen molar-refractivity contribution in [2.75, 3.05) is 17.2 Å². The number of nitrogens with one attached hydrogen (secondary N) is 3. The Morgan fingerprint density at radius 3 is 2.40 bits per heavy atom. The Labute approximate surface area is 175 Å². The SMILES string of the molecule is Cc1ccc(Oc2ccc(NC(=O)CCNC(=O)Nc3ccccc3)cn2)cc1C. The molecule has 0 radical (unpaired) electrons. The van der Waals surface area contributed by atoms with Gasteiger partial charge in [-0.05, 0) is 55.3 Å². The van der Waals surface area contributed by atoms with Crippen LogP contribution < -0.4 is 20.7 Å². The molecule has 0 unspecified atom stereocenters. The third-order valence-electron chi connectivity index (χ3n) is 4.39. The molecule has 7 nitrogen and oxygen atoms in total. The summed E-state index contributed by atoms with van der Waals surface area (Å²) in [6.07, 6.45) is 1.67. The van der Waals surface area contributed by atoms with Gasteiger partial charge < -0.3 is 20.7 Å². The molecule has 0 fully saturated rings. The van der Waals surface area contributed by atoms with Crippen LogP contribution >= 0.6 is 0 Å². The van der Waals surface area contributed by atoms with Gasteiger partial charge in [0.05, 0.1) is 11.9 Å². The molecule has 0 saturated carbocycles. The van der Waals surface area contributed by atoms with Gasteiger partial charge >= 0.3 is 6.03 Å². The predicted molar refractivity (Wildman–Crippen MR) is 117 cm³/mol. The Morgan fingerprint density at radius 2 is 1.70 bits per heavy atom. The number of ether oxygens (including phenoxy) is 1. The lowest BCUT2D eigenvalue weighted by Gasteiger charge is -2.09. The second kappa shape index (κ2) is 10.1. The van der Waals surface area contributed by atoms with Gasteiger partial charge in [0.15, 0.2) is 0 Å². The first-order valence-corrected chi connectivity index (χ1v) is 9.60. The van der Waals surface area contributed by atoms with Crippen LogP contribution in [-0.4, -0.2) is 23.5 Å². The van der Waals surface area contributed by atoms with Gasteiger partial charge in [-0.2, -0.15) is 0 Å². The van der Waals surface area contributed by atoms with Crippen LogP contribution in [-0.2, 0) is 4.79 Å². The van der Waals surface area contributed by atoms with E-state index in [0.29, 0.717) is 23.0 Å². The quantitative estimate of drug-likeness (QED) is 0.535. The maximum Gasteiger partial charge on any atom is 0.319 e. The summed E-state index contributed by atoms with van der Waals surface area (Å²) >= 11 is 0. The van der Waals surface area contributed by atoms with Gasteiger partial charge in [0.2, 0.25) is 11.8 Å². The van der Waals surface area contributed by atoms with Crippen molar-refractivity contribution in [3.63, 3.8) is 0 Å². The zero-order valence-electron chi connectivity index (χ0n) is 16.9. The van der Waals surface area contributed by atoms with Crippen LogP contribution in [0.25, 0.3) is 0 Å². The second-order valence-electron chi connectivity index (χ2n) is 6.78. The summed E-state index contributed by atoms with van der Waals surface area (Å²) in [7, 11) is 0. The average Bonchev–Trinajstić information content (AvgIpc) is 2.73. The average molecular weight is 404 g/mol. The number of carbonyl (C=O) groups excluding carboxylic acids is 2. The summed E-state index contributed by atoms with van der Waals surface area (Å²) in [5.41, 5.74) is 3.58. The monoisotopic (exact) mass is 404 g/mol. The minimum atomic E-state index is -0.358. The van der Waals surface area contributed by atoms with E-state index in [1.54, 1.807) is 24.3 Å². The molecule has 3 aromatic rings. The molecule has 0 atom stereocenters. The van der Waals surface area contributed by atoms with Crippen LogP contribution in [0.3, 0.4) is 0 Å². The Morgan fingerprint density at radius 1 is 0.900 bits per heavy atom. The Kier molecular flexibility index (Phi) is 7.00. The number of pyridine rings is 1. The maximum atomic E-state index is 12.1. The van der Waals surface area contributed by atoms with E-state index in [4.69, 9.17) is 4.74 Å². The van der Waals surface area contributed by atoms with E-state index in [0.717, 1.165) is 5.56 Å². The fourth-order valence-corrected chi connectivity index (χ4v) is 2.62. The Balaban J connectivity index is 1.41. The third kappa shape index (κ3) is 6.34. The molecule has 0 saturated heterocycles. The largest absolute Gasteiger partial charge is 0.439 e. The van der Waals surface area contributed by atoms with Crippen molar-refractivity contribution in [2.45, 2.75) is 20.3 Å². The van der Waals surface area contributed by atoms with E-state index in [1.165, 1.54) is 11.8 Å². The predicted octanol–water partition coefficient (Wildman–Crippen LogP) is 4.64. The van der Waals surface area contributed by atoms with Crippen molar-refractivity contribution < 1.29 is 14.3 Å². The molecule has 1 aromatic heterocycles. The van der Waals surface area contributed by atoms with Crippen molar-refractivity contribution >= 4 is 23.3 Å². The molecule has 30 heavy (non-hydrogen) atoms. The summed E-state index contributed by atoms with van der Waals surface area (Å²) in [4.78, 5) is 28.1. The first-order chi connectivity index (χ1) is 14.5. The van der Waals surface area contributed by atoms with Gasteiger partial charge in [0, 0.05) is 24.7 Å². The van der Waals surface area contributed by atoms with E-state index in [1.807, 2.05) is 50.2 Å². The molecule has 154 valence electrons. The van der Waals surface area contributed by atoms with Crippen molar-refractivity contribution in [1.82, 2.24) is 10.3 Å². The number of hydrogen-bond donors (Lipinski definition) is 3. The highest BCUT2D eigenvalue weighted by Gasteiger charge is 2.06. The van der Waals surface area contributed by atoms with Crippen LogP contribution in [0.2, 0.25) is 0 Å². The number of hydrogen-bond acceptors (Lipinski definition) is 4. The molecule has 0 aliphatic rings. The van der Waals surface area contributed by atoms with Crippen LogP contribution in [0.15, 0.2) is 66.9 Å². The standard InChI is InChI=1S/C23H24N4O3/c1-16-8-10-20(14-17(16)2)30-22-11-9-19(15-25-22)26-21(28)12-13-24-23(29)27-18-6-4-3-5-7-18/h3-11,14-15H,12-13H2,1-2H3,(H,26,28)(H2,24,27,29). The molecule has 3 rings (SSSR count). The molecule has 1 heterocycles. The van der Waals surface area contributed by atoms with Crippen LogP contribution in [0.4, 0.5) is 16.2 Å². The second-order valence-corrected chi connectivity index (χ2v) is 6.78. The topological polar surface area (TPSA) is 92.4 Å². The molecule has 2 aromatic carbocycles. The Bertz CT molecular complexity index is 1000. The number of aryl methyl sites for hydroxylation is 2. The summed E-state index contributed by atoms with van der Waals surface area (Å²) in [6.45, 7) is 4.28. The molecule has 0 spiro atoms. The molecule has 0 bridgehead atoms. The molecule has 0 aliphatic carbocycles. The smallest absolute Gasteiger partial charge is 0.319 e. The van der Waals surface area contributed by atoms with Crippen molar-refractivity contribution in [2.24, 2.45) is 0 Å². The summed E-state index contributed by atoms with van der Waals surface area (Å²) in [6, 6.07) is 18.0. The normalized spacial score (nSPS) is 10.2. The highest BCUT2D eigenvalue weighted by Crippen LogP contribution is 2.23. The summed E-state index contributed by atoms with van der Waals surface area (Å²) < 4.78 is 5.74.